The van der Waals surface area contributed by atoms with E-state index < -0.39 is 18.4 Å². The maximum atomic E-state index is 12.5. The minimum atomic E-state index is -1.09. The number of carbonyl (C=O) groups excluding carboxylic acids is 2. The number of hydrogen-bond donors (Lipinski definition) is 3. The summed E-state index contributed by atoms with van der Waals surface area (Å²) in [5.41, 5.74) is -0.262. The first-order valence-electron chi connectivity index (χ1n) is 7.74. The second-order valence-electron chi connectivity index (χ2n) is 7.05. The number of amides is 2. The molecule has 116 valence electrons. The van der Waals surface area contributed by atoms with Crippen LogP contribution in [-0.2, 0) is 14.4 Å². The Balaban J connectivity index is 1.53. The van der Waals surface area contributed by atoms with Gasteiger partial charge in [-0.05, 0) is 56.3 Å². The van der Waals surface area contributed by atoms with E-state index in [4.69, 9.17) is 5.11 Å². The van der Waals surface area contributed by atoms with Gasteiger partial charge in [0.05, 0.1) is 6.54 Å². The van der Waals surface area contributed by atoms with Crippen LogP contribution in [0, 0.1) is 23.2 Å². The Kier molecular flexibility index (Phi) is 3.63. The molecule has 4 aliphatic rings. The smallest absolute Gasteiger partial charge is 0.322 e. The van der Waals surface area contributed by atoms with Gasteiger partial charge in [0.2, 0.25) is 11.8 Å². The maximum Gasteiger partial charge on any atom is 0.322 e. The van der Waals surface area contributed by atoms with Gasteiger partial charge >= 0.3 is 5.97 Å². The lowest BCUT2D eigenvalue weighted by molar-refractivity contribution is -0.147. The molecule has 0 aromatic rings. The zero-order valence-corrected chi connectivity index (χ0v) is 12.1. The Morgan fingerprint density at radius 3 is 1.90 bits per heavy atom. The van der Waals surface area contributed by atoms with Gasteiger partial charge in [0.15, 0.2) is 0 Å². The molecule has 0 aliphatic heterocycles. The van der Waals surface area contributed by atoms with Gasteiger partial charge in [0, 0.05) is 5.41 Å². The molecule has 4 aliphatic carbocycles. The fourth-order valence-electron chi connectivity index (χ4n) is 4.97. The van der Waals surface area contributed by atoms with Crippen LogP contribution >= 0.6 is 0 Å². The van der Waals surface area contributed by atoms with Gasteiger partial charge < -0.3 is 15.7 Å². The van der Waals surface area contributed by atoms with Crippen molar-refractivity contribution >= 4 is 17.8 Å². The summed E-state index contributed by atoms with van der Waals surface area (Å²) in [4.78, 5) is 34.4. The molecule has 4 fully saturated rings. The fraction of sp³-hybridized carbons (Fsp3) is 0.800. The van der Waals surface area contributed by atoms with Gasteiger partial charge in [-0.25, -0.2) is 0 Å². The zero-order chi connectivity index (χ0) is 15.0. The third kappa shape index (κ3) is 2.89. The number of carboxylic acid groups (broad SMARTS) is 1. The van der Waals surface area contributed by atoms with E-state index in [-0.39, 0.29) is 17.9 Å². The Morgan fingerprint density at radius 1 is 0.905 bits per heavy atom. The van der Waals surface area contributed by atoms with E-state index in [9.17, 15) is 14.4 Å². The number of nitrogens with one attached hydrogen (secondary N) is 2. The number of aliphatic carboxylic acids is 1. The molecular formula is C15H22N2O4. The standard InChI is InChI=1S/C15H22N2O4/c18-12(16-8-13(19)20)7-17-14(21)15-4-9-1-10(5-15)3-11(2-9)6-15/h9-11H,1-8H2,(H,16,18)(H,17,21)(H,19,20). The average Bonchev–Trinajstić information content (AvgIpc) is 2.41. The highest BCUT2D eigenvalue weighted by Crippen LogP contribution is 2.60. The molecule has 0 heterocycles. The third-order valence-electron chi connectivity index (χ3n) is 5.37. The third-order valence-corrected chi connectivity index (χ3v) is 5.37. The van der Waals surface area contributed by atoms with Gasteiger partial charge in [-0.1, -0.05) is 0 Å². The van der Waals surface area contributed by atoms with Crippen molar-refractivity contribution in [1.82, 2.24) is 10.6 Å². The van der Waals surface area contributed by atoms with Crippen molar-refractivity contribution in [3.05, 3.63) is 0 Å². The summed E-state index contributed by atoms with van der Waals surface area (Å²) >= 11 is 0. The highest BCUT2D eigenvalue weighted by molar-refractivity contribution is 5.89. The lowest BCUT2D eigenvalue weighted by Crippen LogP contribution is -2.54. The van der Waals surface area contributed by atoms with Crippen LogP contribution in [0.25, 0.3) is 0 Å². The van der Waals surface area contributed by atoms with Gasteiger partial charge in [-0.3, -0.25) is 14.4 Å². The SMILES string of the molecule is O=C(O)CNC(=O)CNC(=O)C12CC3CC(CC(C3)C1)C2. The van der Waals surface area contributed by atoms with Gasteiger partial charge in [-0.15, -0.1) is 0 Å². The summed E-state index contributed by atoms with van der Waals surface area (Å²) in [5.74, 6) is 0.506. The molecule has 4 saturated carbocycles. The first-order chi connectivity index (χ1) is 9.97. The molecule has 0 saturated heterocycles. The Morgan fingerprint density at radius 2 is 1.43 bits per heavy atom. The minimum absolute atomic E-state index is 0.00734. The largest absolute Gasteiger partial charge is 0.480 e. The predicted molar refractivity (Wildman–Crippen MR) is 74.3 cm³/mol. The minimum Gasteiger partial charge on any atom is -0.480 e. The van der Waals surface area contributed by atoms with Crippen molar-refractivity contribution in [3.63, 3.8) is 0 Å². The lowest BCUT2D eigenvalue weighted by Gasteiger charge is -2.55. The van der Waals surface area contributed by atoms with E-state index in [1.165, 1.54) is 19.3 Å². The summed E-state index contributed by atoms with van der Waals surface area (Å²) in [5, 5.41) is 13.5. The van der Waals surface area contributed by atoms with E-state index in [2.05, 4.69) is 10.6 Å². The van der Waals surface area contributed by atoms with Crippen LogP contribution in [-0.4, -0.2) is 36.0 Å². The monoisotopic (exact) mass is 294 g/mol. The second kappa shape index (κ2) is 5.31. The molecule has 6 nitrogen and oxygen atoms in total. The first-order valence-corrected chi connectivity index (χ1v) is 7.74. The van der Waals surface area contributed by atoms with Gasteiger partial charge in [0.1, 0.15) is 6.54 Å². The van der Waals surface area contributed by atoms with Gasteiger partial charge in [-0.2, -0.15) is 0 Å². The van der Waals surface area contributed by atoms with Crippen LogP contribution in [0.5, 0.6) is 0 Å². The van der Waals surface area contributed by atoms with Crippen LogP contribution in [0.3, 0.4) is 0 Å². The van der Waals surface area contributed by atoms with Crippen molar-refractivity contribution < 1.29 is 19.5 Å². The quantitative estimate of drug-likeness (QED) is 0.689. The molecule has 4 bridgehead atoms. The Labute approximate surface area is 123 Å². The molecule has 21 heavy (non-hydrogen) atoms. The second-order valence-corrected chi connectivity index (χ2v) is 7.05. The molecule has 0 unspecified atom stereocenters. The van der Waals surface area contributed by atoms with E-state index in [0.717, 1.165) is 19.3 Å². The number of carbonyl (C=O) groups is 3. The summed E-state index contributed by atoms with van der Waals surface area (Å²) < 4.78 is 0. The first kappa shape index (κ1) is 14.4. The van der Waals surface area contributed by atoms with Crippen molar-refractivity contribution in [1.29, 1.82) is 0 Å². The zero-order valence-electron chi connectivity index (χ0n) is 12.1. The molecule has 0 aromatic heterocycles. The molecule has 0 radical (unpaired) electrons. The van der Waals surface area contributed by atoms with Crippen molar-refractivity contribution in [2.75, 3.05) is 13.1 Å². The summed E-state index contributed by atoms with van der Waals surface area (Å²) in [6.45, 7) is -0.542. The Bertz CT molecular complexity index is 439. The summed E-state index contributed by atoms with van der Waals surface area (Å²) in [6, 6.07) is 0. The highest BCUT2D eigenvalue weighted by atomic mass is 16.4. The normalized spacial score (nSPS) is 36.3. The van der Waals surface area contributed by atoms with Crippen molar-refractivity contribution in [2.24, 2.45) is 23.2 Å². The molecule has 0 spiro atoms. The summed E-state index contributed by atoms with van der Waals surface area (Å²) in [7, 11) is 0. The highest BCUT2D eigenvalue weighted by Gasteiger charge is 2.54. The van der Waals surface area contributed by atoms with Crippen LogP contribution in [0.2, 0.25) is 0 Å². The van der Waals surface area contributed by atoms with Crippen LogP contribution in [0.4, 0.5) is 0 Å². The molecule has 6 heteroatoms. The maximum absolute atomic E-state index is 12.5. The Hall–Kier alpha value is -1.59. The molecule has 0 aromatic carbocycles. The van der Waals surface area contributed by atoms with Crippen LogP contribution in [0.15, 0.2) is 0 Å². The summed E-state index contributed by atoms with van der Waals surface area (Å²) in [6.07, 6.45) is 6.69. The van der Waals surface area contributed by atoms with Gasteiger partial charge in [0.25, 0.3) is 0 Å². The molecule has 3 N–H and O–H groups in total. The average molecular weight is 294 g/mol. The van der Waals surface area contributed by atoms with Crippen molar-refractivity contribution in [2.45, 2.75) is 38.5 Å². The molecular weight excluding hydrogens is 272 g/mol. The fourth-order valence-corrected chi connectivity index (χ4v) is 4.97. The topological polar surface area (TPSA) is 95.5 Å². The van der Waals surface area contributed by atoms with E-state index >= 15 is 0 Å². The predicted octanol–water partition coefficient (Wildman–Crippen LogP) is 0.520. The lowest BCUT2D eigenvalue weighted by atomic mass is 9.49. The van der Waals surface area contributed by atoms with E-state index in [1.54, 1.807) is 0 Å². The number of rotatable bonds is 5. The number of hydrogen-bond acceptors (Lipinski definition) is 3. The van der Waals surface area contributed by atoms with Crippen molar-refractivity contribution in [3.8, 4) is 0 Å². The molecule has 0 atom stereocenters. The van der Waals surface area contributed by atoms with Crippen LogP contribution in [0.1, 0.15) is 38.5 Å². The van der Waals surface area contributed by atoms with E-state index in [0.29, 0.717) is 17.8 Å². The molecule has 4 rings (SSSR count). The number of carboxylic acids is 1. The molecule has 2 amide bonds. The van der Waals surface area contributed by atoms with Crippen LogP contribution < -0.4 is 10.6 Å². The van der Waals surface area contributed by atoms with E-state index in [1.807, 2.05) is 0 Å².